The van der Waals surface area contributed by atoms with Crippen molar-refractivity contribution in [2.75, 3.05) is 12.4 Å². The van der Waals surface area contributed by atoms with Crippen LogP contribution in [0.4, 0.5) is 5.69 Å². The van der Waals surface area contributed by atoms with Crippen molar-refractivity contribution in [2.45, 2.75) is 137 Å². The van der Waals surface area contributed by atoms with Crippen LogP contribution in [-0.4, -0.2) is 92.8 Å². The second-order valence-corrected chi connectivity index (χ2v) is 17.0. The molecule has 3 aliphatic heterocycles. The van der Waals surface area contributed by atoms with E-state index in [1.165, 1.54) is 65.9 Å². The van der Waals surface area contributed by atoms with Gasteiger partial charge in [0.05, 0.1) is 53.0 Å². The summed E-state index contributed by atoms with van der Waals surface area (Å²) in [4.78, 5) is 40.6. The zero-order valence-electron chi connectivity index (χ0n) is 36.7. The number of allylic oxidation sites excluding steroid dienone is 2. The van der Waals surface area contributed by atoms with Crippen LogP contribution in [0.5, 0.6) is 23.0 Å². The number of anilines is 1. The van der Waals surface area contributed by atoms with Gasteiger partial charge < -0.3 is 55.2 Å². The second-order valence-electron chi connectivity index (χ2n) is 17.0. The van der Waals surface area contributed by atoms with Crippen LogP contribution in [0.15, 0.2) is 41.2 Å². The lowest BCUT2D eigenvalue weighted by molar-refractivity contribution is -0.160. The Morgan fingerprint density at radius 3 is 2.21 bits per heavy atom. The Morgan fingerprint density at radius 2 is 1.57 bits per heavy atom. The first-order chi connectivity index (χ1) is 28.8. The number of phenolic OH excluding ortho intramolecular Hbond substituents is 3. The number of ketones is 1. The molecule has 1 amide bonds. The predicted octanol–water partition coefficient (Wildman–Crippen LogP) is 6.79. The summed E-state index contributed by atoms with van der Waals surface area (Å²) in [6.07, 6.45) is 12.1. The third kappa shape index (κ3) is 9.84. The number of ether oxygens (including phenoxy) is 4. The number of esters is 1. The number of fused-ring (bicyclic) bond motifs is 14. The molecule has 1 aliphatic carbocycles. The number of hydrogen-bond donors (Lipinski definition) is 7. The van der Waals surface area contributed by atoms with Gasteiger partial charge in [-0.3, -0.25) is 14.4 Å². The van der Waals surface area contributed by atoms with Gasteiger partial charge in [0.1, 0.15) is 23.4 Å². The maximum atomic E-state index is 14.5. The Morgan fingerprint density at radius 1 is 0.918 bits per heavy atom. The van der Waals surface area contributed by atoms with Crippen molar-refractivity contribution in [1.82, 2.24) is 5.43 Å². The molecule has 2 aromatic carbocycles. The first-order valence-corrected chi connectivity index (χ1v) is 21.2. The van der Waals surface area contributed by atoms with E-state index < -0.39 is 88.8 Å². The highest BCUT2D eigenvalue weighted by Crippen LogP contribution is 2.55. The van der Waals surface area contributed by atoms with Crippen molar-refractivity contribution in [1.29, 1.82) is 0 Å². The molecule has 334 valence electrons. The summed E-state index contributed by atoms with van der Waals surface area (Å²) in [5, 5.41) is 65.2. The van der Waals surface area contributed by atoms with E-state index in [1.54, 1.807) is 39.8 Å². The Bertz CT molecular complexity index is 2090. The number of methoxy groups -OCH3 is 1. The van der Waals surface area contributed by atoms with Crippen molar-refractivity contribution in [3.63, 3.8) is 0 Å². The third-order valence-corrected chi connectivity index (χ3v) is 12.6. The largest absolute Gasteiger partial charge is 0.507 e. The van der Waals surface area contributed by atoms with E-state index in [9.17, 15) is 39.9 Å². The molecule has 1 fully saturated rings. The number of phenols is 3. The lowest BCUT2D eigenvalue weighted by Gasteiger charge is -2.38. The van der Waals surface area contributed by atoms with Crippen molar-refractivity contribution in [3.8, 4) is 23.0 Å². The molecule has 5 bridgehead atoms. The maximum Gasteiger partial charge on any atom is 0.312 e. The standard InChI is InChI=1S/C46H63N3O12/c1-23-16-15-17-24(2)45(57)48-36-31(22-47-49-30-18-13-11-10-12-14-19-30)40(54)33-34(41(36)55)39(53)28(6)43-35(33)44(56)46(8,61-43)59-21-20-32(58-9)25(3)42(60-29(7)50)27(5)38(52)26(4)37(23)51/h15-17,20-23,25-27,30,32,37-38,42,49,51-55H,10-14,18-19H2,1-9H3,(H,48,57)/b16-15+,21-20+,24-17-,47-22-. The van der Waals surface area contributed by atoms with Crippen molar-refractivity contribution >= 4 is 40.3 Å². The number of amides is 1. The lowest BCUT2D eigenvalue weighted by Crippen LogP contribution is -2.46. The molecular weight excluding hydrogens is 787 g/mol. The number of Topliss-reactive ketones (excluding diaryl/α,β-unsaturated/α-hetero) is 1. The highest BCUT2D eigenvalue weighted by atomic mass is 16.7. The number of aliphatic hydroxyl groups excluding tert-OH is 2. The van der Waals surface area contributed by atoms with Crippen LogP contribution in [0.2, 0.25) is 0 Å². The molecule has 2 aromatic rings. The van der Waals surface area contributed by atoms with Gasteiger partial charge in [-0.1, -0.05) is 78.0 Å². The SMILES string of the molecule is COC1/C=C/OC2(C)Oc3c(C)c(O)c4c(O)c(c(/C=N\NC5CCCCCCC5)c(O)c4c3C2=O)NC(=O)/C(C)=C\C=C\C(C)C(O)C(C)C(O)C(C)C(OC(C)=O)C1C. The van der Waals surface area contributed by atoms with Gasteiger partial charge in [0.2, 0.25) is 0 Å². The fourth-order valence-corrected chi connectivity index (χ4v) is 8.67. The minimum Gasteiger partial charge on any atom is -0.507 e. The number of aliphatic hydroxyl groups is 2. The van der Waals surface area contributed by atoms with Gasteiger partial charge in [-0.05, 0) is 32.8 Å². The molecule has 61 heavy (non-hydrogen) atoms. The monoisotopic (exact) mass is 849 g/mol. The number of aromatic hydroxyl groups is 3. The molecule has 0 radical (unpaired) electrons. The molecule has 1 saturated carbocycles. The van der Waals surface area contributed by atoms with E-state index in [0.717, 1.165) is 38.5 Å². The maximum absolute atomic E-state index is 14.5. The fraction of sp³-hybridized carbons (Fsp3) is 0.565. The first kappa shape index (κ1) is 46.9. The molecule has 3 heterocycles. The highest BCUT2D eigenvalue weighted by Gasteiger charge is 2.50. The quantitative estimate of drug-likeness (QED) is 0.0542. The van der Waals surface area contributed by atoms with Gasteiger partial charge in [0.15, 0.2) is 5.75 Å². The molecule has 7 N–H and O–H groups in total. The summed E-state index contributed by atoms with van der Waals surface area (Å²) in [6.45, 7) is 12.6. The Balaban J connectivity index is 1.68. The fourth-order valence-electron chi connectivity index (χ4n) is 8.67. The Labute approximate surface area is 357 Å². The van der Waals surface area contributed by atoms with Crippen LogP contribution in [0, 0.1) is 30.6 Å². The highest BCUT2D eigenvalue weighted by molar-refractivity contribution is 6.23. The molecule has 0 aromatic heterocycles. The molecule has 9 unspecified atom stereocenters. The smallest absolute Gasteiger partial charge is 0.312 e. The van der Waals surface area contributed by atoms with Gasteiger partial charge in [0.25, 0.3) is 11.7 Å². The summed E-state index contributed by atoms with van der Waals surface area (Å²) in [5.41, 5.74) is 2.81. The normalized spacial score (nSPS) is 31.7. The van der Waals surface area contributed by atoms with Crippen LogP contribution in [0.3, 0.4) is 0 Å². The van der Waals surface area contributed by atoms with Gasteiger partial charge in [-0.2, -0.15) is 5.10 Å². The Hall–Kier alpha value is -5.12. The van der Waals surface area contributed by atoms with E-state index in [-0.39, 0.29) is 50.5 Å². The summed E-state index contributed by atoms with van der Waals surface area (Å²) in [6, 6.07) is 0.0531. The van der Waals surface area contributed by atoms with Crippen molar-refractivity contribution < 1.29 is 58.9 Å². The molecule has 0 spiro atoms. The predicted molar refractivity (Wildman–Crippen MR) is 231 cm³/mol. The number of carbonyl (C=O) groups excluding carboxylic acids is 3. The zero-order valence-corrected chi connectivity index (χ0v) is 36.7. The molecule has 15 nitrogen and oxygen atoms in total. The summed E-state index contributed by atoms with van der Waals surface area (Å²) < 4.78 is 23.7. The molecule has 15 heteroatoms. The van der Waals surface area contributed by atoms with E-state index in [1.807, 2.05) is 0 Å². The van der Waals surface area contributed by atoms with Crippen LogP contribution in [0.25, 0.3) is 10.8 Å². The van der Waals surface area contributed by atoms with Gasteiger partial charge in [-0.25, -0.2) is 0 Å². The summed E-state index contributed by atoms with van der Waals surface area (Å²) in [7, 11) is 1.44. The number of hydrogen-bond acceptors (Lipinski definition) is 14. The summed E-state index contributed by atoms with van der Waals surface area (Å²) in [5.74, 6) is -8.32. The third-order valence-electron chi connectivity index (χ3n) is 12.6. The number of benzene rings is 2. The molecular formula is C46H63N3O12. The average Bonchev–Trinajstić information content (AvgIpc) is 3.47. The number of hydrazone groups is 1. The number of carbonyl (C=O) groups is 3. The van der Waals surface area contributed by atoms with Gasteiger partial charge in [0, 0.05) is 67.2 Å². The second kappa shape index (κ2) is 19.7. The molecule has 9 atom stereocenters. The van der Waals surface area contributed by atoms with E-state index in [4.69, 9.17) is 18.9 Å². The molecule has 0 saturated heterocycles. The Kier molecular flexibility index (Phi) is 15.2. The number of nitrogens with one attached hydrogen (secondary N) is 2. The minimum atomic E-state index is -2.04. The van der Waals surface area contributed by atoms with Crippen LogP contribution >= 0.6 is 0 Å². The zero-order chi connectivity index (χ0) is 44.9. The van der Waals surface area contributed by atoms with Gasteiger partial charge >= 0.3 is 11.8 Å². The topological polar surface area (TPSA) is 226 Å². The van der Waals surface area contributed by atoms with Crippen LogP contribution in [-0.2, 0) is 23.8 Å². The number of nitrogens with zero attached hydrogens (tertiary/aromatic N) is 1. The van der Waals surface area contributed by atoms with Crippen LogP contribution in [0.1, 0.15) is 115 Å². The lowest BCUT2D eigenvalue weighted by atomic mass is 9.78. The number of rotatable bonds is 5. The van der Waals surface area contributed by atoms with Crippen molar-refractivity contribution in [2.24, 2.45) is 28.8 Å². The first-order valence-electron chi connectivity index (χ1n) is 21.2. The molecule has 4 aliphatic rings. The molecule has 6 rings (SSSR count). The summed E-state index contributed by atoms with van der Waals surface area (Å²) >= 11 is 0. The van der Waals surface area contributed by atoms with E-state index in [2.05, 4.69) is 15.8 Å². The van der Waals surface area contributed by atoms with Crippen molar-refractivity contribution in [3.05, 3.63) is 52.8 Å². The van der Waals surface area contributed by atoms with E-state index in [0.29, 0.717) is 0 Å². The van der Waals surface area contributed by atoms with Crippen LogP contribution < -0.4 is 15.5 Å². The average molecular weight is 850 g/mol. The minimum absolute atomic E-state index is 0.0531. The van der Waals surface area contributed by atoms with E-state index >= 15 is 0 Å². The van der Waals surface area contributed by atoms with Gasteiger partial charge in [-0.15, -0.1) is 0 Å².